The number of hydrogen-bond acceptors (Lipinski definition) is 3. The van der Waals surface area contributed by atoms with Crippen LogP contribution in [0, 0.1) is 0 Å². The van der Waals surface area contributed by atoms with E-state index in [0.717, 1.165) is 11.0 Å². The van der Waals surface area contributed by atoms with Gasteiger partial charge in [-0.3, -0.25) is 24.0 Å². The molecule has 1 N–H and O–H groups in total. The smallest absolute Gasteiger partial charge is 0.296 e. The van der Waals surface area contributed by atoms with E-state index in [1.807, 2.05) is 24.3 Å². The molecule has 2 amide bonds. The van der Waals surface area contributed by atoms with Crippen LogP contribution in [0.1, 0.15) is 18.9 Å². The number of para-hydroxylation sites is 2. The summed E-state index contributed by atoms with van der Waals surface area (Å²) in [5, 5.41) is 2.25. The highest BCUT2D eigenvalue weighted by molar-refractivity contribution is 5.98. The zero-order valence-electron chi connectivity index (χ0n) is 10.4. The molecule has 0 atom stereocenters. The quantitative estimate of drug-likeness (QED) is 0.749. The van der Waals surface area contributed by atoms with E-state index in [1.165, 1.54) is 4.57 Å². The Balaban J connectivity index is 2.20. The molecule has 1 aliphatic rings. The van der Waals surface area contributed by atoms with Gasteiger partial charge in [0, 0.05) is 19.9 Å². The Morgan fingerprint density at radius 2 is 1.63 bits per heavy atom. The molecule has 0 aliphatic carbocycles. The highest BCUT2D eigenvalue weighted by Crippen LogP contribution is 2.23. The summed E-state index contributed by atoms with van der Waals surface area (Å²) in [4.78, 5) is 35.2. The number of piperidine rings is 1. The van der Waals surface area contributed by atoms with Gasteiger partial charge in [-0.05, 0) is 12.1 Å². The zero-order chi connectivity index (χ0) is 13.6. The van der Waals surface area contributed by atoms with Gasteiger partial charge >= 0.3 is 5.69 Å². The Morgan fingerprint density at radius 3 is 2.26 bits per heavy atom. The molecule has 1 aliphatic heterocycles. The van der Waals surface area contributed by atoms with Crippen molar-refractivity contribution in [1.29, 1.82) is 0 Å². The third kappa shape index (κ3) is 1.76. The van der Waals surface area contributed by atoms with Crippen LogP contribution in [0.25, 0.3) is 11.0 Å². The molecule has 6 heteroatoms. The van der Waals surface area contributed by atoms with Gasteiger partial charge < -0.3 is 0 Å². The number of rotatable bonds is 1. The van der Waals surface area contributed by atoms with E-state index >= 15 is 0 Å². The molecule has 0 bridgehead atoms. The van der Waals surface area contributed by atoms with E-state index in [2.05, 4.69) is 5.32 Å². The number of carbonyl (C=O) groups excluding carboxylic acids is 2. The number of nitrogens with one attached hydrogen (secondary N) is 1. The minimum atomic E-state index is -0.403. The maximum atomic E-state index is 12.3. The van der Waals surface area contributed by atoms with Crippen LogP contribution < -0.4 is 11.0 Å². The van der Waals surface area contributed by atoms with Crippen LogP contribution in [-0.4, -0.2) is 20.9 Å². The third-order valence-corrected chi connectivity index (χ3v) is 3.48. The average molecular weight is 259 g/mol. The van der Waals surface area contributed by atoms with E-state index in [9.17, 15) is 14.4 Å². The fourth-order valence-corrected chi connectivity index (χ4v) is 2.61. The van der Waals surface area contributed by atoms with Crippen molar-refractivity contribution in [2.75, 3.05) is 0 Å². The fourth-order valence-electron chi connectivity index (χ4n) is 2.61. The number of benzene rings is 1. The molecule has 3 rings (SSSR count). The van der Waals surface area contributed by atoms with Crippen molar-refractivity contribution in [3.05, 3.63) is 34.7 Å². The maximum Gasteiger partial charge on any atom is 0.329 e. The molecular formula is C13H13N3O3. The van der Waals surface area contributed by atoms with E-state index in [1.54, 1.807) is 11.6 Å². The van der Waals surface area contributed by atoms with Gasteiger partial charge in [0.1, 0.15) is 0 Å². The predicted octanol–water partition coefficient (Wildman–Crippen LogP) is 0.318. The van der Waals surface area contributed by atoms with Gasteiger partial charge in [0.2, 0.25) is 11.8 Å². The first-order valence-corrected chi connectivity index (χ1v) is 6.06. The van der Waals surface area contributed by atoms with Gasteiger partial charge in [-0.25, -0.2) is 4.79 Å². The fraction of sp³-hybridized carbons (Fsp3) is 0.308. The van der Waals surface area contributed by atoms with E-state index in [-0.39, 0.29) is 30.3 Å². The SMILES string of the molecule is Cn1c(=O)n(C2CC(=O)NC(=O)C2)c2ccccc21. The van der Waals surface area contributed by atoms with E-state index in [0.29, 0.717) is 0 Å². The van der Waals surface area contributed by atoms with Crippen molar-refractivity contribution < 1.29 is 9.59 Å². The highest BCUT2D eigenvalue weighted by atomic mass is 16.2. The van der Waals surface area contributed by atoms with Crippen molar-refractivity contribution in [3.8, 4) is 0 Å². The van der Waals surface area contributed by atoms with Crippen molar-refractivity contribution in [2.45, 2.75) is 18.9 Å². The topological polar surface area (TPSA) is 73.1 Å². The van der Waals surface area contributed by atoms with Crippen molar-refractivity contribution in [3.63, 3.8) is 0 Å². The summed E-state index contributed by atoms with van der Waals surface area (Å²) in [6, 6.07) is 6.96. The summed E-state index contributed by atoms with van der Waals surface area (Å²) in [5.41, 5.74) is 1.35. The standard InChI is InChI=1S/C13H13N3O3/c1-15-9-4-2-3-5-10(9)16(13(15)19)8-6-11(17)14-12(18)7-8/h2-5,8H,6-7H2,1H3,(H,14,17,18). The number of fused-ring (bicyclic) bond motifs is 1. The van der Waals surface area contributed by atoms with Gasteiger partial charge in [-0.15, -0.1) is 0 Å². The molecule has 6 nitrogen and oxygen atoms in total. The number of nitrogens with zero attached hydrogens (tertiary/aromatic N) is 2. The lowest BCUT2D eigenvalue weighted by molar-refractivity contribution is -0.134. The van der Waals surface area contributed by atoms with Gasteiger partial charge in [0.25, 0.3) is 0 Å². The van der Waals surface area contributed by atoms with Crippen molar-refractivity contribution in [2.24, 2.45) is 7.05 Å². The van der Waals surface area contributed by atoms with Crippen LogP contribution in [0.5, 0.6) is 0 Å². The minimum absolute atomic E-state index is 0.152. The molecule has 1 aromatic heterocycles. The Bertz CT molecular complexity index is 725. The minimum Gasteiger partial charge on any atom is -0.296 e. The van der Waals surface area contributed by atoms with Crippen molar-refractivity contribution in [1.82, 2.24) is 14.5 Å². The zero-order valence-corrected chi connectivity index (χ0v) is 10.4. The molecule has 1 fully saturated rings. The second-order valence-electron chi connectivity index (χ2n) is 4.73. The first-order chi connectivity index (χ1) is 9.08. The molecule has 0 saturated carbocycles. The summed E-state index contributed by atoms with van der Waals surface area (Å²) in [5.74, 6) is -0.665. The third-order valence-electron chi connectivity index (χ3n) is 3.48. The molecule has 98 valence electrons. The molecule has 0 unspecified atom stereocenters. The summed E-state index contributed by atoms with van der Waals surface area (Å²) in [6.07, 6.45) is 0.305. The summed E-state index contributed by atoms with van der Waals surface area (Å²) >= 11 is 0. The molecule has 0 spiro atoms. The Kier molecular flexibility index (Phi) is 2.51. The summed E-state index contributed by atoms with van der Waals surface area (Å²) in [6.45, 7) is 0. The number of aryl methyl sites for hydroxylation is 1. The van der Waals surface area contributed by atoms with Gasteiger partial charge in [-0.1, -0.05) is 12.1 Å². The summed E-state index contributed by atoms with van der Waals surface area (Å²) in [7, 11) is 1.69. The Morgan fingerprint density at radius 1 is 1.05 bits per heavy atom. The van der Waals surface area contributed by atoms with Crippen LogP contribution in [0.15, 0.2) is 29.1 Å². The lowest BCUT2D eigenvalue weighted by Gasteiger charge is -2.22. The van der Waals surface area contributed by atoms with Gasteiger partial charge in [-0.2, -0.15) is 0 Å². The summed E-state index contributed by atoms with van der Waals surface area (Å²) < 4.78 is 3.08. The maximum absolute atomic E-state index is 12.3. The number of carbonyl (C=O) groups is 2. The first kappa shape index (κ1) is 11.7. The lowest BCUT2D eigenvalue weighted by Crippen LogP contribution is -2.41. The monoisotopic (exact) mass is 259 g/mol. The molecule has 2 heterocycles. The molecule has 1 saturated heterocycles. The average Bonchev–Trinajstić information content (AvgIpc) is 2.61. The second kappa shape index (κ2) is 4.08. The number of hydrogen-bond donors (Lipinski definition) is 1. The predicted molar refractivity (Wildman–Crippen MR) is 68.6 cm³/mol. The van der Waals surface area contributed by atoms with Crippen molar-refractivity contribution >= 4 is 22.8 Å². The Hall–Kier alpha value is -2.37. The number of imidazole rings is 1. The van der Waals surface area contributed by atoms with Gasteiger partial charge in [0.15, 0.2) is 0 Å². The molecule has 19 heavy (non-hydrogen) atoms. The van der Waals surface area contributed by atoms with Crippen LogP contribution in [-0.2, 0) is 16.6 Å². The molecular weight excluding hydrogens is 246 g/mol. The Labute approximate surface area is 108 Å². The van der Waals surface area contributed by atoms with Crippen LogP contribution in [0.4, 0.5) is 0 Å². The molecule has 1 aromatic carbocycles. The lowest BCUT2D eigenvalue weighted by atomic mass is 10.1. The first-order valence-electron chi connectivity index (χ1n) is 6.06. The number of amides is 2. The van der Waals surface area contributed by atoms with Gasteiger partial charge in [0.05, 0.1) is 17.1 Å². The molecule has 0 radical (unpaired) electrons. The van der Waals surface area contributed by atoms with E-state index < -0.39 is 6.04 Å². The molecule has 2 aromatic rings. The number of aromatic nitrogens is 2. The van der Waals surface area contributed by atoms with Crippen LogP contribution in [0.3, 0.4) is 0 Å². The number of imide groups is 1. The van der Waals surface area contributed by atoms with Crippen LogP contribution >= 0.6 is 0 Å². The normalized spacial score (nSPS) is 16.9. The highest BCUT2D eigenvalue weighted by Gasteiger charge is 2.29. The van der Waals surface area contributed by atoms with E-state index in [4.69, 9.17) is 0 Å². The second-order valence-corrected chi connectivity index (χ2v) is 4.73. The largest absolute Gasteiger partial charge is 0.329 e. The van der Waals surface area contributed by atoms with Crippen LogP contribution in [0.2, 0.25) is 0 Å².